The molecule has 0 aliphatic heterocycles. The maximum Gasteiger partial charge on any atom is 0.303 e. The second kappa shape index (κ2) is 6.51. The molecule has 0 saturated carbocycles. The molecule has 0 saturated heterocycles. The quantitative estimate of drug-likeness (QED) is 0.814. The van der Waals surface area contributed by atoms with Crippen molar-refractivity contribution in [3.05, 3.63) is 29.8 Å². The summed E-state index contributed by atoms with van der Waals surface area (Å²) in [6, 6.07) is 5.71. The van der Waals surface area contributed by atoms with Crippen molar-refractivity contribution in [3.8, 4) is 0 Å². The Balaban J connectivity index is 2.71. The van der Waals surface area contributed by atoms with Gasteiger partial charge >= 0.3 is 5.97 Å². The highest BCUT2D eigenvalue weighted by Gasteiger charge is 2.13. The van der Waals surface area contributed by atoms with Crippen molar-refractivity contribution in [1.82, 2.24) is 5.32 Å². The molecule has 0 fully saturated rings. The van der Waals surface area contributed by atoms with Crippen LogP contribution in [0.2, 0.25) is 0 Å². The van der Waals surface area contributed by atoms with E-state index in [1.54, 1.807) is 6.92 Å². The minimum absolute atomic E-state index is 0.0380. The molecule has 1 aromatic carbocycles. The molecule has 0 spiro atoms. The van der Waals surface area contributed by atoms with Gasteiger partial charge in [-0.05, 0) is 24.1 Å². The SMILES string of the molecule is CC(CNC(=O)c1cccc(S(C)(=O)=O)c1)CC(=O)O. The van der Waals surface area contributed by atoms with Crippen molar-refractivity contribution in [2.24, 2.45) is 5.92 Å². The van der Waals surface area contributed by atoms with Crippen LogP contribution in [0.4, 0.5) is 0 Å². The van der Waals surface area contributed by atoms with Gasteiger partial charge in [0.25, 0.3) is 5.91 Å². The highest BCUT2D eigenvalue weighted by atomic mass is 32.2. The summed E-state index contributed by atoms with van der Waals surface area (Å²) in [4.78, 5) is 22.4. The molecule has 0 bridgehead atoms. The minimum Gasteiger partial charge on any atom is -0.481 e. The highest BCUT2D eigenvalue weighted by Crippen LogP contribution is 2.11. The van der Waals surface area contributed by atoms with Crippen molar-refractivity contribution in [2.45, 2.75) is 18.2 Å². The van der Waals surface area contributed by atoms with Gasteiger partial charge in [0.1, 0.15) is 0 Å². The lowest BCUT2D eigenvalue weighted by Crippen LogP contribution is -2.29. The number of benzene rings is 1. The van der Waals surface area contributed by atoms with Crippen LogP contribution in [-0.4, -0.2) is 38.2 Å². The predicted molar refractivity (Wildman–Crippen MR) is 73.3 cm³/mol. The molecule has 0 aliphatic carbocycles. The van der Waals surface area contributed by atoms with Crippen LogP contribution < -0.4 is 5.32 Å². The smallest absolute Gasteiger partial charge is 0.303 e. The number of hydrogen-bond acceptors (Lipinski definition) is 4. The van der Waals surface area contributed by atoms with E-state index in [-0.39, 0.29) is 29.3 Å². The van der Waals surface area contributed by atoms with Crippen LogP contribution in [0, 0.1) is 5.92 Å². The average Bonchev–Trinajstić information content (AvgIpc) is 2.34. The lowest BCUT2D eigenvalue weighted by molar-refractivity contribution is -0.137. The monoisotopic (exact) mass is 299 g/mol. The van der Waals surface area contributed by atoms with Crippen molar-refractivity contribution in [3.63, 3.8) is 0 Å². The molecule has 1 aromatic rings. The van der Waals surface area contributed by atoms with Crippen LogP contribution in [0.5, 0.6) is 0 Å². The van der Waals surface area contributed by atoms with Crippen LogP contribution >= 0.6 is 0 Å². The molecule has 0 aromatic heterocycles. The lowest BCUT2D eigenvalue weighted by Gasteiger charge is -2.10. The van der Waals surface area contributed by atoms with E-state index in [0.29, 0.717) is 0 Å². The summed E-state index contributed by atoms with van der Waals surface area (Å²) in [5.74, 6) is -1.55. The van der Waals surface area contributed by atoms with E-state index >= 15 is 0 Å². The van der Waals surface area contributed by atoms with E-state index in [0.717, 1.165) is 6.26 Å². The Labute approximate surface area is 117 Å². The van der Waals surface area contributed by atoms with Gasteiger partial charge in [-0.1, -0.05) is 13.0 Å². The van der Waals surface area contributed by atoms with Gasteiger partial charge in [0, 0.05) is 24.8 Å². The predicted octanol–water partition coefficient (Wildman–Crippen LogP) is 0.931. The van der Waals surface area contributed by atoms with Crippen LogP contribution in [-0.2, 0) is 14.6 Å². The molecule has 6 nitrogen and oxygen atoms in total. The second-order valence-corrected chi connectivity index (χ2v) is 6.73. The van der Waals surface area contributed by atoms with Gasteiger partial charge in [-0.2, -0.15) is 0 Å². The van der Waals surface area contributed by atoms with E-state index in [1.165, 1.54) is 24.3 Å². The van der Waals surface area contributed by atoms with E-state index in [4.69, 9.17) is 5.11 Å². The van der Waals surface area contributed by atoms with Crippen molar-refractivity contribution in [2.75, 3.05) is 12.8 Å². The summed E-state index contributed by atoms with van der Waals surface area (Å²) in [6.07, 6.45) is 1.03. The van der Waals surface area contributed by atoms with Gasteiger partial charge in [0.2, 0.25) is 0 Å². The molecule has 0 radical (unpaired) electrons. The van der Waals surface area contributed by atoms with E-state index in [9.17, 15) is 18.0 Å². The van der Waals surface area contributed by atoms with Gasteiger partial charge in [0.15, 0.2) is 9.84 Å². The summed E-state index contributed by atoms with van der Waals surface area (Å²) >= 11 is 0. The third-order valence-corrected chi connectivity index (χ3v) is 3.77. The van der Waals surface area contributed by atoms with Gasteiger partial charge in [-0.15, -0.1) is 0 Å². The Kier molecular flexibility index (Phi) is 5.26. The number of amides is 1. The zero-order chi connectivity index (χ0) is 15.3. The number of hydrogen-bond donors (Lipinski definition) is 2. The minimum atomic E-state index is -3.36. The van der Waals surface area contributed by atoms with Crippen LogP contribution in [0.3, 0.4) is 0 Å². The third kappa shape index (κ3) is 5.00. The average molecular weight is 299 g/mol. The number of nitrogens with one attached hydrogen (secondary N) is 1. The standard InChI is InChI=1S/C13H17NO5S/c1-9(6-12(15)16)8-14-13(17)10-4-3-5-11(7-10)20(2,18)19/h3-5,7,9H,6,8H2,1-2H3,(H,14,17)(H,15,16). The van der Waals surface area contributed by atoms with Gasteiger partial charge in [0.05, 0.1) is 4.90 Å². The largest absolute Gasteiger partial charge is 0.481 e. The molecule has 1 rings (SSSR count). The fourth-order valence-corrected chi connectivity index (χ4v) is 2.27. The summed E-state index contributed by atoms with van der Waals surface area (Å²) < 4.78 is 22.8. The molecule has 7 heteroatoms. The Morgan fingerprint density at radius 3 is 2.55 bits per heavy atom. The first-order valence-electron chi connectivity index (χ1n) is 6.00. The molecule has 0 heterocycles. The summed E-state index contributed by atoms with van der Waals surface area (Å²) in [5.41, 5.74) is 0.232. The molecular formula is C13H17NO5S. The topological polar surface area (TPSA) is 101 Å². The fourth-order valence-electron chi connectivity index (χ4n) is 1.61. The van der Waals surface area contributed by atoms with E-state index in [2.05, 4.69) is 5.32 Å². The molecule has 1 unspecified atom stereocenters. The van der Waals surface area contributed by atoms with E-state index in [1.807, 2.05) is 0 Å². The highest BCUT2D eigenvalue weighted by molar-refractivity contribution is 7.90. The molecule has 1 atom stereocenters. The summed E-state index contributed by atoms with van der Waals surface area (Å²) in [7, 11) is -3.36. The molecule has 0 aliphatic rings. The van der Waals surface area contributed by atoms with Crippen molar-refractivity contribution in [1.29, 1.82) is 0 Å². The maximum absolute atomic E-state index is 11.9. The Hall–Kier alpha value is -1.89. The van der Waals surface area contributed by atoms with Gasteiger partial charge < -0.3 is 10.4 Å². The van der Waals surface area contributed by atoms with Gasteiger partial charge in [-0.25, -0.2) is 8.42 Å². The van der Waals surface area contributed by atoms with Crippen LogP contribution in [0.25, 0.3) is 0 Å². The number of carbonyl (C=O) groups is 2. The third-order valence-electron chi connectivity index (χ3n) is 2.66. The molecule has 1 amide bonds. The van der Waals surface area contributed by atoms with Crippen molar-refractivity contribution < 1.29 is 23.1 Å². The number of aliphatic carboxylic acids is 1. The molecule has 2 N–H and O–H groups in total. The Morgan fingerprint density at radius 2 is 2.00 bits per heavy atom. The Morgan fingerprint density at radius 1 is 1.35 bits per heavy atom. The maximum atomic E-state index is 11.9. The first-order valence-corrected chi connectivity index (χ1v) is 7.89. The number of sulfone groups is 1. The molecular weight excluding hydrogens is 282 g/mol. The number of carboxylic acid groups (broad SMARTS) is 1. The molecule has 20 heavy (non-hydrogen) atoms. The first kappa shape index (κ1) is 16.2. The number of carbonyl (C=O) groups excluding carboxylic acids is 1. The number of rotatable bonds is 6. The fraction of sp³-hybridized carbons (Fsp3) is 0.385. The van der Waals surface area contributed by atoms with Crippen molar-refractivity contribution >= 4 is 21.7 Å². The zero-order valence-electron chi connectivity index (χ0n) is 11.3. The lowest BCUT2D eigenvalue weighted by atomic mass is 10.1. The number of carboxylic acids is 1. The van der Waals surface area contributed by atoms with Crippen LogP contribution in [0.15, 0.2) is 29.2 Å². The van der Waals surface area contributed by atoms with Gasteiger partial charge in [-0.3, -0.25) is 9.59 Å². The second-order valence-electron chi connectivity index (χ2n) is 4.71. The first-order chi connectivity index (χ1) is 9.20. The summed E-state index contributed by atoms with van der Waals surface area (Å²) in [6.45, 7) is 1.93. The Bertz CT molecular complexity index is 609. The normalized spacial score (nSPS) is 12.7. The zero-order valence-corrected chi connectivity index (χ0v) is 12.1. The molecule has 110 valence electrons. The van der Waals surface area contributed by atoms with E-state index < -0.39 is 21.7 Å². The van der Waals surface area contributed by atoms with Crippen LogP contribution in [0.1, 0.15) is 23.7 Å². The summed E-state index contributed by atoms with van der Waals surface area (Å²) in [5, 5.41) is 11.2.